The van der Waals surface area contributed by atoms with Crippen molar-refractivity contribution in [2.45, 2.75) is 19.3 Å². The van der Waals surface area contributed by atoms with Crippen molar-refractivity contribution < 1.29 is 26.7 Å². The largest absolute Gasteiger partial charge is 0.434 e. The highest BCUT2D eigenvalue weighted by atomic mass is 19.4. The Bertz CT molecular complexity index is 666. The molecule has 120 valence electrons. The van der Waals surface area contributed by atoms with Crippen molar-refractivity contribution in [2.24, 2.45) is 12.8 Å². The maximum atomic E-state index is 12.7. The first-order chi connectivity index (χ1) is 10.2. The Kier molecular flexibility index (Phi) is 4.36. The number of alkyl halides is 5. The molecule has 1 heterocycles. The number of halogens is 5. The lowest BCUT2D eigenvalue weighted by Gasteiger charge is -2.11. The molecule has 0 fully saturated rings. The molecule has 0 spiro atoms. The van der Waals surface area contributed by atoms with E-state index in [-0.39, 0.29) is 23.7 Å². The molecule has 2 rings (SSSR count). The third-order valence-corrected chi connectivity index (χ3v) is 2.93. The molecule has 1 aromatic heterocycles. The summed E-state index contributed by atoms with van der Waals surface area (Å²) in [7, 11) is 1.38. The monoisotopic (exact) mass is 321 g/mol. The van der Waals surface area contributed by atoms with Gasteiger partial charge in [0.25, 0.3) is 0 Å². The number of aromatic nitrogens is 2. The third-order valence-electron chi connectivity index (χ3n) is 2.93. The molecule has 0 aliphatic carbocycles. The fraction of sp³-hybridized carbons (Fsp3) is 0.308. The van der Waals surface area contributed by atoms with Gasteiger partial charge in [-0.2, -0.15) is 22.0 Å². The summed E-state index contributed by atoms with van der Waals surface area (Å²) < 4.78 is 68.2. The van der Waals surface area contributed by atoms with Crippen molar-refractivity contribution in [1.82, 2.24) is 9.55 Å². The third kappa shape index (κ3) is 3.35. The van der Waals surface area contributed by atoms with Gasteiger partial charge in [-0.25, -0.2) is 4.98 Å². The molecule has 4 nitrogen and oxygen atoms in total. The summed E-state index contributed by atoms with van der Waals surface area (Å²) in [5, 5.41) is 0. The van der Waals surface area contributed by atoms with Crippen LogP contribution in [0.2, 0.25) is 0 Å². The van der Waals surface area contributed by atoms with Gasteiger partial charge in [0.15, 0.2) is 5.69 Å². The molecule has 2 N–H and O–H groups in total. The molecule has 0 bridgehead atoms. The topological polar surface area (TPSA) is 53.1 Å². The second-order valence-corrected chi connectivity index (χ2v) is 4.46. The van der Waals surface area contributed by atoms with Gasteiger partial charge in [0, 0.05) is 30.9 Å². The molecule has 1 aromatic carbocycles. The number of hydrogen-bond acceptors (Lipinski definition) is 3. The van der Waals surface area contributed by atoms with Gasteiger partial charge in [-0.1, -0.05) is 12.1 Å². The Balaban J connectivity index is 2.47. The molecule has 0 saturated heterocycles. The molecule has 22 heavy (non-hydrogen) atoms. The van der Waals surface area contributed by atoms with Crippen LogP contribution in [0.25, 0.3) is 11.4 Å². The zero-order valence-corrected chi connectivity index (χ0v) is 11.4. The molecule has 0 aliphatic heterocycles. The molecule has 0 aliphatic rings. The van der Waals surface area contributed by atoms with Gasteiger partial charge in [-0.15, -0.1) is 0 Å². The zero-order valence-electron chi connectivity index (χ0n) is 11.4. The number of ether oxygens (including phenoxy) is 1. The van der Waals surface area contributed by atoms with Crippen molar-refractivity contribution in [3.63, 3.8) is 0 Å². The van der Waals surface area contributed by atoms with E-state index in [1.165, 1.54) is 25.2 Å². The number of imidazole rings is 1. The minimum atomic E-state index is -4.59. The average molecular weight is 321 g/mol. The number of rotatable bonds is 4. The van der Waals surface area contributed by atoms with Crippen LogP contribution in [0, 0.1) is 0 Å². The minimum absolute atomic E-state index is 0.0185. The highest BCUT2D eigenvalue weighted by Crippen LogP contribution is 2.32. The van der Waals surface area contributed by atoms with Gasteiger partial charge in [0.2, 0.25) is 0 Å². The van der Waals surface area contributed by atoms with Crippen molar-refractivity contribution >= 4 is 0 Å². The van der Waals surface area contributed by atoms with Crippen LogP contribution in [0.4, 0.5) is 22.0 Å². The van der Waals surface area contributed by atoms with Gasteiger partial charge in [-0.05, 0) is 6.07 Å². The van der Waals surface area contributed by atoms with E-state index in [1.54, 1.807) is 0 Å². The minimum Gasteiger partial charge on any atom is -0.434 e. The Hall–Kier alpha value is -2.16. The Morgan fingerprint density at radius 3 is 2.50 bits per heavy atom. The van der Waals surface area contributed by atoms with Crippen LogP contribution >= 0.6 is 0 Å². The van der Waals surface area contributed by atoms with Crippen LogP contribution in [0.15, 0.2) is 24.4 Å². The van der Waals surface area contributed by atoms with Gasteiger partial charge in [0.1, 0.15) is 11.6 Å². The van der Waals surface area contributed by atoms with Crippen LogP contribution in [-0.2, 0) is 19.8 Å². The molecule has 0 saturated carbocycles. The summed E-state index contributed by atoms with van der Waals surface area (Å²) in [5.74, 6) is -0.207. The summed E-state index contributed by atoms with van der Waals surface area (Å²) >= 11 is 0. The molecular weight excluding hydrogens is 309 g/mol. The Labute approximate surface area is 122 Å². The van der Waals surface area contributed by atoms with E-state index in [2.05, 4.69) is 9.72 Å². The standard InChI is InChI=1S/C13H12F5N3O/c1-21-6-10(13(16,17)18)20-11(21)7-2-3-8(5-19)9(4-7)22-12(14)15/h2-4,6,12H,5,19H2,1H3. The second-order valence-electron chi connectivity index (χ2n) is 4.46. The first-order valence-electron chi connectivity index (χ1n) is 6.11. The van der Waals surface area contributed by atoms with Crippen LogP contribution in [0.3, 0.4) is 0 Å². The van der Waals surface area contributed by atoms with Crippen molar-refractivity contribution in [1.29, 1.82) is 0 Å². The Morgan fingerprint density at radius 2 is 2.00 bits per heavy atom. The molecule has 0 atom stereocenters. The van der Waals surface area contributed by atoms with E-state index in [1.807, 2.05) is 0 Å². The Morgan fingerprint density at radius 1 is 1.32 bits per heavy atom. The SMILES string of the molecule is Cn1cc(C(F)(F)F)nc1-c1ccc(CN)c(OC(F)F)c1. The number of benzene rings is 1. The van der Waals surface area contributed by atoms with E-state index in [4.69, 9.17) is 5.73 Å². The van der Waals surface area contributed by atoms with Crippen molar-refractivity contribution in [2.75, 3.05) is 0 Å². The van der Waals surface area contributed by atoms with Gasteiger partial charge < -0.3 is 15.0 Å². The first kappa shape index (κ1) is 16.2. The van der Waals surface area contributed by atoms with Crippen LogP contribution in [-0.4, -0.2) is 16.2 Å². The van der Waals surface area contributed by atoms with Crippen LogP contribution in [0.1, 0.15) is 11.3 Å². The summed E-state index contributed by atoms with van der Waals surface area (Å²) in [4.78, 5) is 3.49. The molecular formula is C13H12F5N3O. The predicted molar refractivity (Wildman–Crippen MR) is 68.2 cm³/mol. The quantitative estimate of drug-likeness (QED) is 0.880. The van der Waals surface area contributed by atoms with E-state index in [9.17, 15) is 22.0 Å². The fourth-order valence-corrected chi connectivity index (χ4v) is 1.94. The van der Waals surface area contributed by atoms with E-state index in [0.29, 0.717) is 5.56 Å². The molecule has 0 radical (unpaired) electrons. The van der Waals surface area contributed by atoms with Crippen LogP contribution in [0.5, 0.6) is 5.75 Å². The summed E-state index contributed by atoms with van der Waals surface area (Å²) in [6.45, 7) is -3.11. The van der Waals surface area contributed by atoms with Crippen molar-refractivity contribution in [3.8, 4) is 17.1 Å². The summed E-state index contributed by atoms with van der Waals surface area (Å²) in [6.07, 6.45) is -3.77. The predicted octanol–water partition coefficient (Wildman–Crippen LogP) is 3.17. The second kappa shape index (κ2) is 5.91. The normalized spacial score (nSPS) is 12.0. The van der Waals surface area contributed by atoms with E-state index >= 15 is 0 Å². The lowest BCUT2D eigenvalue weighted by Crippen LogP contribution is -2.07. The van der Waals surface area contributed by atoms with Gasteiger partial charge in [0.05, 0.1) is 0 Å². The highest BCUT2D eigenvalue weighted by Gasteiger charge is 2.34. The van der Waals surface area contributed by atoms with E-state index in [0.717, 1.165) is 10.8 Å². The molecule has 2 aromatic rings. The number of hydrogen-bond donors (Lipinski definition) is 1. The maximum absolute atomic E-state index is 12.7. The molecule has 9 heteroatoms. The smallest absolute Gasteiger partial charge is 0.434 e. The number of nitrogens with two attached hydrogens (primary N) is 1. The summed E-state index contributed by atoms with van der Waals surface area (Å²) in [5.41, 5.74) is 4.87. The first-order valence-corrected chi connectivity index (χ1v) is 6.11. The average Bonchev–Trinajstić information content (AvgIpc) is 2.80. The van der Waals surface area contributed by atoms with Crippen LogP contribution < -0.4 is 10.5 Å². The number of aryl methyl sites for hydroxylation is 1. The summed E-state index contributed by atoms with van der Waals surface area (Å²) in [6, 6.07) is 4.05. The van der Waals surface area contributed by atoms with Gasteiger partial charge in [-0.3, -0.25) is 0 Å². The maximum Gasteiger partial charge on any atom is 0.434 e. The molecule has 0 unspecified atom stereocenters. The zero-order chi connectivity index (χ0) is 16.5. The fourth-order valence-electron chi connectivity index (χ4n) is 1.94. The highest BCUT2D eigenvalue weighted by molar-refractivity contribution is 5.60. The van der Waals surface area contributed by atoms with Gasteiger partial charge >= 0.3 is 12.8 Å². The molecule has 0 amide bonds. The number of nitrogens with zero attached hydrogens (tertiary/aromatic N) is 2. The van der Waals surface area contributed by atoms with E-state index < -0.39 is 18.5 Å². The van der Waals surface area contributed by atoms with Crippen molar-refractivity contribution in [3.05, 3.63) is 35.7 Å². The lowest BCUT2D eigenvalue weighted by atomic mass is 10.1. The lowest BCUT2D eigenvalue weighted by molar-refractivity contribution is -0.140.